The van der Waals surface area contributed by atoms with Crippen molar-refractivity contribution in [3.05, 3.63) is 35.7 Å². The molecule has 1 fully saturated rings. The lowest BCUT2D eigenvalue weighted by Crippen LogP contribution is -2.32. The van der Waals surface area contributed by atoms with Crippen molar-refractivity contribution in [1.82, 2.24) is 15.5 Å². The predicted molar refractivity (Wildman–Crippen MR) is 89.5 cm³/mol. The van der Waals surface area contributed by atoms with E-state index in [1.807, 2.05) is 26.8 Å². The predicted octanol–water partition coefficient (Wildman–Crippen LogP) is 2.54. The van der Waals surface area contributed by atoms with Gasteiger partial charge in [0.1, 0.15) is 0 Å². The van der Waals surface area contributed by atoms with Crippen molar-refractivity contribution >= 4 is 5.91 Å². The fraction of sp³-hybridized carbons (Fsp3) is 0.500. The summed E-state index contributed by atoms with van der Waals surface area (Å²) in [5.74, 6) is 0.750. The zero-order valence-electron chi connectivity index (χ0n) is 14.3. The molecule has 1 aliphatic carbocycles. The second kappa shape index (κ2) is 6.02. The van der Waals surface area contributed by atoms with Crippen LogP contribution in [-0.4, -0.2) is 34.3 Å². The largest absolute Gasteiger partial charge is 0.396 e. The minimum atomic E-state index is -0.224. The van der Waals surface area contributed by atoms with E-state index in [9.17, 15) is 9.90 Å². The maximum absolute atomic E-state index is 12.6. The second-order valence-corrected chi connectivity index (χ2v) is 7.56. The van der Waals surface area contributed by atoms with Crippen LogP contribution in [0.15, 0.2) is 28.8 Å². The highest BCUT2D eigenvalue weighted by Gasteiger charge is 2.42. The van der Waals surface area contributed by atoms with Gasteiger partial charge in [-0.3, -0.25) is 4.79 Å². The number of nitrogens with zero attached hydrogens (tertiary/aromatic N) is 2. The molecule has 0 saturated heterocycles. The van der Waals surface area contributed by atoms with Crippen LogP contribution >= 0.6 is 0 Å². The van der Waals surface area contributed by atoms with Crippen molar-refractivity contribution in [3.8, 4) is 11.5 Å². The summed E-state index contributed by atoms with van der Waals surface area (Å²) in [6.45, 7) is 6.60. The number of carbonyl (C=O) groups is 1. The molecule has 0 spiro atoms. The maximum Gasteiger partial charge on any atom is 0.258 e. The van der Waals surface area contributed by atoms with E-state index in [1.165, 1.54) is 0 Å². The van der Waals surface area contributed by atoms with Crippen LogP contribution in [0.2, 0.25) is 0 Å². The maximum atomic E-state index is 12.6. The van der Waals surface area contributed by atoms with Crippen LogP contribution in [0.1, 0.15) is 49.8 Å². The Morgan fingerprint density at radius 2 is 2.04 bits per heavy atom. The van der Waals surface area contributed by atoms with Crippen LogP contribution in [0.5, 0.6) is 0 Å². The van der Waals surface area contributed by atoms with Gasteiger partial charge in [-0.25, -0.2) is 0 Å². The first-order valence-corrected chi connectivity index (χ1v) is 8.17. The van der Waals surface area contributed by atoms with Gasteiger partial charge in [-0.2, -0.15) is 4.98 Å². The molecule has 0 atom stereocenters. The van der Waals surface area contributed by atoms with Crippen LogP contribution in [0.25, 0.3) is 11.5 Å². The lowest BCUT2D eigenvalue weighted by atomic mass is 9.96. The van der Waals surface area contributed by atoms with E-state index in [4.69, 9.17) is 4.52 Å². The summed E-state index contributed by atoms with van der Waals surface area (Å²) in [5.41, 5.74) is 0.759. The lowest BCUT2D eigenvalue weighted by molar-refractivity contribution is 0.0935. The number of aliphatic hydroxyl groups is 1. The fourth-order valence-electron chi connectivity index (χ4n) is 2.44. The number of aliphatic hydroxyl groups excluding tert-OH is 1. The fourth-order valence-corrected chi connectivity index (χ4v) is 2.44. The van der Waals surface area contributed by atoms with Gasteiger partial charge in [-0.05, 0) is 25.0 Å². The van der Waals surface area contributed by atoms with Crippen LogP contribution in [-0.2, 0) is 5.41 Å². The summed E-state index contributed by atoms with van der Waals surface area (Å²) >= 11 is 0. The summed E-state index contributed by atoms with van der Waals surface area (Å²) in [6, 6.07) is 7.18. The Morgan fingerprint density at radius 1 is 1.33 bits per heavy atom. The molecule has 1 aliphatic rings. The molecule has 0 aliphatic heterocycles. The number of nitrogens with one attached hydrogen (secondary N) is 1. The zero-order chi connectivity index (χ0) is 17.4. The first-order valence-electron chi connectivity index (χ1n) is 8.17. The number of hydrogen-bond acceptors (Lipinski definition) is 5. The highest BCUT2D eigenvalue weighted by atomic mass is 16.5. The van der Waals surface area contributed by atoms with Crippen LogP contribution in [0.4, 0.5) is 0 Å². The van der Waals surface area contributed by atoms with Crippen molar-refractivity contribution < 1.29 is 14.4 Å². The Balaban J connectivity index is 1.82. The highest BCUT2D eigenvalue weighted by Crippen LogP contribution is 2.44. The number of amides is 1. The van der Waals surface area contributed by atoms with E-state index in [-0.39, 0.29) is 23.3 Å². The molecule has 1 amide bonds. The zero-order valence-corrected chi connectivity index (χ0v) is 14.3. The molecule has 1 aromatic carbocycles. The Kier molecular flexibility index (Phi) is 4.17. The van der Waals surface area contributed by atoms with Crippen LogP contribution in [0, 0.1) is 5.41 Å². The minimum Gasteiger partial charge on any atom is -0.396 e. The number of rotatable bonds is 5. The van der Waals surface area contributed by atoms with E-state index in [0.717, 1.165) is 12.8 Å². The van der Waals surface area contributed by atoms with Crippen molar-refractivity contribution in [2.75, 3.05) is 13.2 Å². The molecule has 1 heterocycles. The summed E-state index contributed by atoms with van der Waals surface area (Å²) in [4.78, 5) is 17.0. The summed E-state index contributed by atoms with van der Waals surface area (Å²) < 4.78 is 5.37. The van der Waals surface area contributed by atoms with Gasteiger partial charge >= 0.3 is 0 Å². The molecule has 0 unspecified atom stereocenters. The first kappa shape index (κ1) is 16.6. The van der Waals surface area contributed by atoms with Crippen molar-refractivity contribution in [2.24, 2.45) is 5.41 Å². The third kappa shape index (κ3) is 3.33. The molecule has 2 N–H and O–H groups in total. The molecule has 128 valence electrons. The van der Waals surface area contributed by atoms with Gasteiger partial charge in [0.05, 0.1) is 17.7 Å². The molecule has 24 heavy (non-hydrogen) atoms. The SMILES string of the molecule is CC(C)(C)c1noc(-c2ccccc2C(=O)NCC2(CO)CC2)n1. The van der Waals surface area contributed by atoms with Gasteiger partial charge in [0.2, 0.25) is 0 Å². The Morgan fingerprint density at radius 3 is 2.62 bits per heavy atom. The number of carbonyl (C=O) groups excluding carboxylic acids is 1. The summed E-state index contributed by atoms with van der Waals surface area (Å²) in [6.07, 6.45) is 1.90. The van der Waals surface area contributed by atoms with E-state index in [1.54, 1.807) is 18.2 Å². The van der Waals surface area contributed by atoms with Crippen molar-refractivity contribution in [3.63, 3.8) is 0 Å². The van der Waals surface area contributed by atoms with E-state index in [2.05, 4.69) is 15.5 Å². The van der Waals surface area contributed by atoms with Crippen LogP contribution in [0.3, 0.4) is 0 Å². The molecular formula is C18H23N3O3. The number of aromatic nitrogens is 2. The lowest BCUT2D eigenvalue weighted by Gasteiger charge is -2.13. The minimum absolute atomic E-state index is 0.105. The van der Waals surface area contributed by atoms with Gasteiger partial charge in [0.25, 0.3) is 11.8 Å². The topological polar surface area (TPSA) is 88.2 Å². The third-order valence-electron chi connectivity index (χ3n) is 4.42. The van der Waals surface area contributed by atoms with E-state index >= 15 is 0 Å². The Hall–Kier alpha value is -2.21. The quantitative estimate of drug-likeness (QED) is 0.880. The monoisotopic (exact) mass is 329 g/mol. The molecule has 2 aromatic rings. The summed E-state index contributed by atoms with van der Waals surface area (Å²) in [7, 11) is 0. The smallest absolute Gasteiger partial charge is 0.258 e. The Labute approximate surface area is 141 Å². The second-order valence-electron chi connectivity index (χ2n) is 7.56. The molecule has 0 bridgehead atoms. The molecule has 1 saturated carbocycles. The van der Waals surface area contributed by atoms with Gasteiger partial charge < -0.3 is 14.9 Å². The van der Waals surface area contributed by atoms with Gasteiger partial charge in [-0.1, -0.05) is 38.1 Å². The molecule has 3 rings (SSSR count). The molecule has 1 aromatic heterocycles. The molecule has 6 nitrogen and oxygen atoms in total. The van der Waals surface area contributed by atoms with E-state index in [0.29, 0.717) is 29.4 Å². The standard InChI is InChI=1S/C18H23N3O3/c1-17(2,3)16-20-15(24-21-16)13-7-5-4-6-12(13)14(23)19-10-18(11-22)8-9-18/h4-7,22H,8-11H2,1-3H3,(H,19,23). The molecular weight excluding hydrogens is 306 g/mol. The third-order valence-corrected chi connectivity index (χ3v) is 4.42. The first-order chi connectivity index (χ1) is 11.3. The van der Waals surface area contributed by atoms with Gasteiger partial charge in [0.15, 0.2) is 5.82 Å². The van der Waals surface area contributed by atoms with E-state index < -0.39 is 0 Å². The van der Waals surface area contributed by atoms with Crippen molar-refractivity contribution in [2.45, 2.75) is 39.0 Å². The van der Waals surface area contributed by atoms with Crippen LogP contribution < -0.4 is 5.32 Å². The molecule has 0 radical (unpaired) electrons. The van der Waals surface area contributed by atoms with Gasteiger partial charge in [0, 0.05) is 17.4 Å². The number of benzene rings is 1. The normalized spacial score (nSPS) is 16.0. The average molecular weight is 329 g/mol. The average Bonchev–Trinajstić information content (AvgIpc) is 3.16. The molecule has 6 heteroatoms. The Bertz CT molecular complexity index is 742. The number of hydrogen-bond donors (Lipinski definition) is 2. The van der Waals surface area contributed by atoms with Gasteiger partial charge in [-0.15, -0.1) is 0 Å². The summed E-state index contributed by atoms with van der Waals surface area (Å²) in [5, 5.41) is 16.3. The highest BCUT2D eigenvalue weighted by molar-refractivity contribution is 5.99. The van der Waals surface area contributed by atoms with Crippen molar-refractivity contribution in [1.29, 1.82) is 0 Å².